The molecular formula is C11H11ClN2O6S. The lowest BCUT2D eigenvalue weighted by Crippen LogP contribution is -2.30. The molecule has 10 heteroatoms. The molecule has 2 rings (SSSR count). The van der Waals surface area contributed by atoms with Crippen LogP contribution >= 0.6 is 10.7 Å². The van der Waals surface area contributed by atoms with Crippen molar-refractivity contribution in [2.24, 2.45) is 0 Å². The minimum absolute atomic E-state index is 0.147. The fourth-order valence-electron chi connectivity index (χ4n) is 1.56. The predicted molar refractivity (Wildman–Crippen MR) is 72.8 cm³/mol. The van der Waals surface area contributed by atoms with E-state index in [1.54, 1.807) is 0 Å². The third-order valence-electron chi connectivity index (χ3n) is 2.70. The summed E-state index contributed by atoms with van der Waals surface area (Å²) in [5.74, 6) is -0.602. The molecule has 0 aromatic heterocycles. The molecule has 21 heavy (non-hydrogen) atoms. The van der Waals surface area contributed by atoms with Gasteiger partial charge in [0.15, 0.2) is 6.61 Å². The molecule has 1 fully saturated rings. The Morgan fingerprint density at radius 3 is 2.67 bits per heavy atom. The lowest BCUT2D eigenvalue weighted by Gasteiger charge is -2.09. The normalized spacial score (nSPS) is 14.5. The number of hydrogen-bond donors (Lipinski definition) is 1. The van der Waals surface area contributed by atoms with Gasteiger partial charge in [-0.05, 0) is 18.9 Å². The van der Waals surface area contributed by atoms with E-state index >= 15 is 0 Å². The van der Waals surface area contributed by atoms with Crippen LogP contribution in [-0.2, 0) is 13.8 Å². The Bertz CT molecular complexity index is 686. The van der Waals surface area contributed by atoms with Gasteiger partial charge < -0.3 is 10.1 Å². The maximum Gasteiger partial charge on any atom is 0.271 e. The molecule has 0 unspecified atom stereocenters. The number of hydrogen-bond acceptors (Lipinski definition) is 6. The van der Waals surface area contributed by atoms with Crippen molar-refractivity contribution in [1.29, 1.82) is 0 Å². The summed E-state index contributed by atoms with van der Waals surface area (Å²) >= 11 is 0. The second-order valence-corrected chi connectivity index (χ2v) is 6.99. The molecule has 0 heterocycles. The van der Waals surface area contributed by atoms with Crippen LogP contribution in [0.3, 0.4) is 0 Å². The van der Waals surface area contributed by atoms with Gasteiger partial charge in [0.2, 0.25) is 0 Å². The summed E-state index contributed by atoms with van der Waals surface area (Å²) in [7, 11) is 0.982. The number of nitro groups is 1. The van der Waals surface area contributed by atoms with Gasteiger partial charge in [0, 0.05) is 28.9 Å². The Balaban J connectivity index is 2.17. The summed E-state index contributed by atoms with van der Waals surface area (Å²) in [6, 6.07) is 3.10. The average Bonchev–Trinajstić information content (AvgIpc) is 3.18. The van der Waals surface area contributed by atoms with Crippen LogP contribution in [0.15, 0.2) is 23.1 Å². The van der Waals surface area contributed by atoms with Gasteiger partial charge in [0.1, 0.15) is 10.6 Å². The molecule has 0 bridgehead atoms. The SMILES string of the molecule is O=C(COc1ccc([N+](=O)[O-])cc1S(=O)(=O)Cl)NC1CC1. The molecule has 0 aliphatic heterocycles. The Labute approximate surface area is 124 Å². The fourth-order valence-corrected chi connectivity index (χ4v) is 2.55. The number of carbonyl (C=O) groups is 1. The number of nitrogens with zero attached hydrogens (tertiary/aromatic N) is 1. The molecule has 1 aliphatic carbocycles. The highest BCUT2D eigenvalue weighted by molar-refractivity contribution is 8.13. The van der Waals surface area contributed by atoms with Crippen LogP contribution in [0.2, 0.25) is 0 Å². The van der Waals surface area contributed by atoms with E-state index in [0.29, 0.717) is 0 Å². The second-order valence-electron chi connectivity index (χ2n) is 4.46. The van der Waals surface area contributed by atoms with E-state index in [1.807, 2.05) is 0 Å². The number of benzene rings is 1. The molecule has 8 nitrogen and oxygen atoms in total. The smallest absolute Gasteiger partial charge is 0.271 e. The topological polar surface area (TPSA) is 116 Å². The molecule has 0 atom stereocenters. The number of nitrogens with one attached hydrogen (secondary N) is 1. The van der Waals surface area contributed by atoms with E-state index in [9.17, 15) is 23.3 Å². The van der Waals surface area contributed by atoms with Crippen molar-refractivity contribution >= 4 is 31.3 Å². The molecule has 0 spiro atoms. The summed E-state index contributed by atoms with van der Waals surface area (Å²) in [5, 5.41) is 13.3. The van der Waals surface area contributed by atoms with Gasteiger partial charge in [0.05, 0.1) is 4.92 Å². The highest BCUT2D eigenvalue weighted by atomic mass is 35.7. The average molecular weight is 335 g/mol. The highest BCUT2D eigenvalue weighted by Gasteiger charge is 2.25. The lowest BCUT2D eigenvalue weighted by atomic mass is 10.3. The lowest BCUT2D eigenvalue weighted by molar-refractivity contribution is -0.385. The second kappa shape index (κ2) is 5.86. The van der Waals surface area contributed by atoms with Crippen LogP contribution in [0.4, 0.5) is 5.69 Å². The number of halogens is 1. The van der Waals surface area contributed by atoms with Crippen LogP contribution < -0.4 is 10.1 Å². The van der Waals surface area contributed by atoms with Gasteiger partial charge in [-0.2, -0.15) is 0 Å². The molecule has 0 radical (unpaired) electrons. The third-order valence-corrected chi connectivity index (χ3v) is 4.05. The zero-order valence-electron chi connectivity index (χ0n) is 10.6. The van der Waals surface area contributed by atoms with Crippen LogP contribution in [0.5, 0.6) is 5.75 Å². The van der Waals surface area contributed by atoms with Crippen molar-refractivity contribution in [2.75, 3.05) is 6.61 Å². The maximum atomic E-state index is 11.5. The van der Waals surface area contributed by atoms with Crippen LogP contribution in [0.1, 0.15) is 12.8 Å². The van der Waals surface area contributed by atoms with Gasteiger partial charge in [-0.1, -0.05) is 0 Å². The minimum atomic E-state index is -4.24. The van der Waals surface area contributed by atoms with E-state index in [4.69, 9.17) is 15.4 Å². The van der Waals surface area contributed by atoms with Gasteiger partial charge in [0.25, 0.3) is 20.6 Å². The number of non-ortho nitro benzene ring substituents is 1. The van der Waals surface area contributed by atoms with Crippen molar-refractivity contribution in [3.05, 3.63) is 28.3 Å². The van der Waals surface area contributed by atoms with E-state index in [2.05, 4.69) is 5.32 Å². The van der Waals surface area contributed by atoms with Gasteiger partial charge in [-0.25, -0.2) is 8.42 Å². The Kier molecular flexibility index (Phi) is 4.33. The summed E-state index contributed by atoms with van der Waals surface area (Å²) in [6.45, 7) is -0.395. The zero-order valence-corrected chi connectivity index (χ0v) is 12.2. The van der Waals surface area contributed by atoms with Crippen molar-refractivity contribution in [1.82, 2.24) is 5.32 Å². The first-order valence-electron chi connectivity index (χ1n) is 5.92. The first-order chi connectivity index (χ1) is 9.77. The molecule has 1 aromatic rings. The molecule has 114 valence electrons. The van der Waals surface area contributed by atoms with Crippen molar-refractivity contribution < 1.29 is 22.9 Å². The predicted octanol–water partition coefficient (Wildman–Crippen LogP) is 1.18. The number of rotatable bonds is 6. The van der Waals surface area contributed by atoms with Crippen molar-refractivity contribution in [2.45, 2.75) is 23.8 Å². The third kappa shape index (κ3) is 4.30. The Morgan fingerprint density at radius 2 is 2.14 bits per heavy atom. The van der Waals surface area contributed by atoms with Gasteiger partial charge in [-0.15, -0.1) is 0 Å². The number of nitro benzene ring substituents is 1. The molecular weight excluding hydrogens is 324 g/mol. The molecule has 1 saturated carbocycles. The van der Waals surface area contributed by atoms with E-state index < -0.39 is 37.1 Å². The largest absolute Gasteiger partial charge is 0.482 e. The summed E-state index contributed by atoms with van der Waals surface area (Å²) in [4.78, 5) is 20.8. The van der Waals surface area contributed by atoms with Gasteiger partial charge >= 0.3 is 0 Å². The summed E-state index contributed by atoms with van der Waals surface area (Å²) < 4.78 is 27.9. The molecule has 1 N–H and O–H groups in total. The van der Waals surface area contributed by atoms with Crippen LogP contribution in [0, 0.1) is 10.1 Å². The minimum Gasteiger partial charge on any atom is -0.482 e. The Morgan fingerprint density at radius 1 is 1.48 bits per heavy atom. The molecule has 1 aromatic carbocycles. The molecule has 0 saturated heterocycles. The summed E-state index contributed by atoms with van der Waals surface area (Å²) in [5.41, 5.74) is -0.441. The standard InChI is InChI=1S/C11H11ClN2O6S/c12-21(18,19)10-5-8(14(16)17)3-4-9(10)20-6-11(15)13-7-1-2-7/h3-5,7H,1-2,6H2,(H,13,15). The first kappa shape index (κ1) is 15.5. The van der Waals surface area contributed by atoms with E-state index in [0.717, 1.165) is 31.0 Å². The zero-order chi connectivity index (χ0) is 15.6. The Hall–Kier alpha value is -1.87. The molecule has 1 aliphatic rings. The maximum absolute atomic E-state index is 11.5. The molecule has 1 amide bonds. The summed E-state index contributed by atoms with van der Waals surface area (Å²) in [6.07, 6.45) is 1.81. The number of ether oxygens (including phenoxy) is 1. The van der Waals surface area contributed by atoms with E-state index in [1.165, 1.54) is 0 Å². The van der Waals surface area contributed by atoms with E-state index in [-0.39, 0.29) is 11.8 Å². The number of amides is 1. The quantitative estimate of drug-likeness (QED) is 0.474. The number of carbonyl (C=O) groups excluding carboxylic acids is 1. The highest BCUT2D eigenvalue weighted by Crippen LogP contribution is 2.30. The van der Waals surface area contributed by atoms with Crippen molar-refractivity contribution in [3.63, 3.8) is 0 Å². The van der Waals surface area contributed by atoms with Crippen LogP contribution in [-0.4, -0.2) is 31.9 Å². The van der Waals surface area contributed by atoms with Crippen LogP contribution in [0.25, 0.3) is 0 Å². The van der Waals surface area contributed by atoms with Gasteiger partial charge in [-0.3, -0.25) is 14.9 Å². The monoisotopic (exact) mass is 334 g/mol. The van der Waals surface area contributed by atoms with Crippen molar-refractivity contribution in [3.8, 4) is 5.75 Å². The first-order valence-corrected chi connectivity index (χ1v) is 8.23. The fraction of sp³-hybridized carbons (Fsp3) is 0.364.